The lowest BCUT2D eigenvalue weighted by molar-refractivity contribution is 0.0677. The summed E-state index contributed by atoms with van der Waals surface area (Å²) in [6.45, 7) is 1.07. The molecule has 3 aromatic rings. The Kier molecular flexibility index (Phi) is 4.92. The summed E-state index contributed by atoms with van der Waals surface area (Å²) < 4.78 is 10.7. The van der Waals surface area contributed by atoms with Crippen molar-refractivity contribution in [2.45, 2.75) is 25.5 Å². The molecule has 2 aromatic carbocycles. The molecule has 1 N–H and O–H groups in total. The minimum atomic E-state index is -0.0620. The average molecular weight is 366 g/mol. The zero-order chi connectivity index (χ0) is 18.8. The van der Waals surface area contributed by atoms with E-state index in [1.54, 1.807) is 12.0 Å². The molecule has 0 spiro atoms. The van der Waals surface area contributed by atoms with Gasteiger partial charge in [0.2, 0.25) is 5.89 Å². The standard InChI is InChI=1S/C21H22N2O4/c1-26-13-20-22-18-11-16(8-9-19(18)27-20)14-4-6-15(7-5-14)21(25)23-10-2-3-17(23)12-24/h4-9,11,17,24H,2-3,10,12-13H2,1H3/t17-/m0/s1. The highest BCUT2D eigenvalue weighted by Gasteiger charge is 2.28. The van der Waals surface area contributed by atoms with E-state index in [1.807, 2.05) is 42.5 Å². The van der Waals surface area contributed by atoms with Crippen molar-refractivity contribution in [2.24, 2.45) is 0 Å². The third kappa shape index (κ3) is 3.46. The summed E-state index contributed by atoms with van der Waals surface area (Å²) >= 11 is 0. The van der Waals surface area contributed by atoms with E-state index in [4.69, 9.17) is 9.15 Å². The molecule has 1 fully saturated rings. The Morgan fingerprint density at radius 3 is 2.78 bits per heavy atom. The summed E-state index contributed by atoms with van der Waals surface area (Å²) in [6, 6.07) is 13.3. The number of hydrogen-bond donors (Lipinski definition) is 1. The molecule has 1 aliphatic rings. The number of hydrogen-bond acceptors (Lipinski definition) is 5. The number of benzene rings is 2. The van der Waals surface area contributed by atoms with Gasteiger partial charge in [0.25, 0.3) is 5.91 Å². The van der Waals surface area contributed by atoms with Crippen LogP contribution in [-0.2, 0) is 11.3 Å². The molecular formula is C21H22N2O4. The van der Waals surface area contributed by atoms with Crippen LogP contribution in [0.15, 0.2) is 46.9 Å². The van der Waals surface area contributed by atoms with Crippen LogP contribution in [0.5, 0.6) is 0 Å². The fourth-order valence-electron chi connectivity index (χ4n) is 3.60. The number of oxazole rings is 1. The van der Waals surface area contributed by atoms with Crippen LogP contribution in [0.4, 0.5) is 0 Å². The van der Waals surface area contributed by atoms with E-state index in [0.717, 1.165) is 35.1 Å². The number of rotatable bonds is 5. The van der Waals surface area contributed by atoms with Gasteiger partial charge in [-0.15, -0.1) is 0 Å². The summed E-state index contributed by atoms with van der Waals surface area (Å²) in [5.74, 6) is 0.531. The zero-order valence-corrected chi connectivity index (χ0v) is 15.2. The molecule has 4 rings (SSSR count). The minimum absolute atomic E-state index is 0.0192. The van der Waals surface area contributed by atoms with Gasteiger partial charge in [0, 0.05) is 19.2 Å². The van der Waals surface area contributed by atoms with Crippen LogP contribution in [0.25, 0.3) is 22.2 Å². The van der Waals surface area contributed by atoms with Gasteiger partial charge < -0.3 is 19.2 Å². The number of aliphatic hydroxyl groups is 1. The first-order chi connectivity index (χ1) is 13.2. The maximum absolute atomic E-state index is 12.7. The Morgan fingerprint density at radius 1 is 1.26 bits per heavy atom. The maximum Gasteiger partial charge on any atom is 0.254 e. The van der Waals surface area contributed by atoms with Crippen LogP contribution in [-0.4, -0.2) is 47.2 Å². The number of amides is 1. The number of carbonyl (C=O) groups is 1. The third-order valence-corrected chi connectivity index (χ3v) is 5.01. The SMILES string of the molecule is COCc1nc2cc(-c3ccc(C(=O)N4CCC[C@H]4CO)cc3)ccc2o1. The van der Waals surface area contributed by atoms with Crippen LogP contribution < -0.4 is 0 Å². The largest absolute Gasteiger partial charge is 0.438 e. The van der Waals surface area contributed by atoms with Crippen LogP contribution in [0.2, 0.25) is 0 Å². The van der Waals surface area contributed by atoms with Gasteiger partial charge in [0.1, 0.15) is 12.1 Å². The van der Waals surface area contributed by atoms with Crippen molar-refractivity contribution in [3.63, 3.8) is 0 Å². The van der Waals surface area contributed by atoms with Crippen molar-refractivity contribution in [2.75, 3.05) is 20.3 Å². The summed E-state index contributed by atoms with van der Waals surface area (Å²) in [4.78, 5) is 18.9. The van der Waals surface area contributed by atoms with Crippen LogP contribution in [0.3, 0.4) is 0 Å². The quantitative estimate of drug-likeness (QED) is 0.750. The number of likely N-dealkylation sites (tertiary alicyclic amines) is 1. The lowest BCUT2D eigenvalue weighted by Crippen LogP contribution is -2.37. The van der Waals surface area contributed by atoms with E-state index >= 15 is 0 Å². The molecule has 0 unspecified atom stereocenters. The van der Waals surface area contributed by atoms with E-state index < -0.39 is 0 Å². The number of aromatic nitrogens is 1. The predicted molar refractivity (Wildman–Crippen MR) is 101 cm³/mol. The highest BCUT2D eigenvalue weighted by Crippen LogP contribution is 2.26. The van der Waals surface area contributed by atoms with E-state index in [-0.39, 0.29) is 18.6 Å². The Balaban J connectivity index is 1.56. The maximum atomic E-state index is 12.7. The van der Waals surface area contributed by atoms with E-state index in [9.17, 15) is 9.90 Å². The van der Waals surface area contributed by atoms with Gasteiger partial charge in [0.05, 0.1) is 12.6 Å². The Bertz CT molecular complexity index is 948. The van der Waals surface area contributed by atoms with Gasteiger partial charge in [-0.25, -0.2) is 4.98 Å². The monoisotopic (exact) mass is 366 g/mol. The summed E-state index contributed by atoms with van der Waals surface area (Å²) in [5, 5.41) is 9.43. The molecule has 27 heavy (non-hydrogen) atoms. The molecule has 1 aromatic heterocycles. The normalized spacial score (nSPS) is 17.0. The minimum Gasteiger partial charge on any atom is -0.438 e. The van der Waals surface area contributed by atoms with Crippen molar-refractivity contribution < 1.29 is 19.1 Å². The number of carbonyl (C=O) groups excluding carboxylic acids is 1. The number of aliphatic hydroxyl groups excluding tert-OH is 1. The summed E-state index contributed by atoms with van der Waals surface area (Å²) in [5.41, 5.74) is 4.16. The molecule has 0 saturated carbocycles. The highest BCUT2D eigenvalue weighted by atomic mass is 16.5. The summed E-state index contributed by atoms with van der Waals surface area (Å²) in [7, 11) is 1.61. The topological polar surface area (TPSA) is 75.8 Å². The molecule has 6 nitrogen and oxygen atoms in total. The second-order valence-electron chi connectivity index (χ2n) is 6.78. The molecule has 1 aliphatic heterocycles. The van der Waals surface area contributed by atoms with Gasteiger partial charge in [0.15, 0.2) is 5.58 Å². The molecule has 0 aliphatic carbocycles. The van der Waals surface area contributed by atoms with E-state index in [0.29, 0.717) is 24.6 Å². The molecule has 0 bridgehead atoms. The zero-order valence-electron chi connectivity index (χ0n) is 15.2. The van der Waals surface area contributed by atoms with E-state index in [1.165, 1.54) is 0 Å². The van der Waals surface area contributed by atoms with Gasteiger partial charge in [-0.3, -0.25) is 4.79 Å². The Morgan fingerprint density at radius 2 is 2.04 bits per heavy atom. The van der Waals surface area contributed by atoms with E-state index in [2.05, 4.69) is 4.98 Å². The average Bonchev–Trinajstić information content (AvgIpc) is 3.33. The fraction of sp³-hybridized carbons (Fsp3) is 0.333. The predicted octanol–water partition coefficient (Wildman–Crippen LogP) is 3.24. The van der Waals surface area contributed by atoms with Gasteiger partial charge in [-0.2, -0.15) is 0 Å². The van der Waals surface area contributed by atoms with Crippen molar-refractivity contribution >= 4 is 17.0 Å². The van der Waals surface area contributed by atoms with Gasteiger partial charge in [-0.1, -0.05) is 18.2 Å². The summed E-state index contributed by atoms with van der Waals surface area (Å²) in [6.07, 6.45) is 1.81. The smallest absolute Gasteiger partial charge is 0.254 e. The highest BCUT2D eigenvalue weighted by molar-refractivity contribution is 5.95. The van der Waals surface area contributed by atoms with Crippen molar-refractivity contribution in [3.05, 3.63) is 53.9 Å². The van der Waals surface area contributed by atoms with Crippen molar-refractivity contribution in [1.82, 2.24) is 9.88 Å². The first-order valence-electron chi connectivity index (χ1n) is 9.10. The number of nitrogens with zero attached hydrogens (tertiary/aromatic N) is 2. The molecule has 1 amide bonds. The molecular weight excluding hydrogens is 344 g/mol. The Hall–Kier alpha value is -2.70. The van der Waals surface area contributed by atoms with Crippen LogP contribution >= 0.6 is 0 Å². The lowest BCUT2D eigenvalue weighted by Gasteiger charge is -2.23. The van der Waals surface area contributed by atoms with Crippen LogP contribution in [0.1, 0.15) is 29.1 Å². The molecule has 0 radical (unpaired) electrons. The van der Waals surface area contributed by atoms with Gasteiger partial charge in [-0.05, 0) is 48.2 Å². The first-order valence-corrected chi connectivity index (χ1v) is 9.10. The number of methoxy groups -OCH3 is 1. The second kappa shape index (κ2) is 7.50. The fourth-order valence-corrected chi connectivity index (χ4v) is 3.60. The Labute approximate surface area is 157 Å². The second-order valence-corrected chi connectivity index (χ2v) is 6.78. The molecule has 1 atom stereocenters. The first kappa shape index (κ1) is 17.7. The number of fused-ring (bicyclic) bond motifs is 1. The lowest BCUT2D eigenvalue weighted by atomic mass is 10.0. The number of ether oxygens (including phenoxy) is 1. The van der Waals surface area contributed by atoms with Gasteiger partial charge >= 0.3 is 0 Å². The molecule has 6 heteroatoms. The molecule has 140 valence electrons. The van der Waals surface area contributed by atoms with Crippen LogP contribution in [0, 0.1) is 0 Å². The third-order valence-electron chi connectivity index (χ3n) is 5.01. The van der Waals surface area contributed by atoms with Crippen molar-refractivity contribution in [1.29, 1.82) is 0 Å². The van der Waals surface area contributed by atoms with Crippen molar-refractivity contribution in [3.8, 4) is 11.1 Å². The molecule has 2 heterocycles. The molecule has 1 saturated heterocycles.